The summed E-state index contributed by atoms with van der Waals surface area (Å²) in [6.07, 6.45) is 1.69. The summed E-state index contributed by atoms with van der Waals surface area (Å²) in [5.74, 6) is -0.444. The van der Waals surface area contributed by atoms with Gasteiger partial charge in [-0.25, -0.2) is 17.5 Å². The molecule has 0 saturated heterocycles. The minimum Gasteiger partial charge on any atom is -0.208 e. The fraction of sp³-hybridized carbons (Fsp3) is 0.455. The van der Waals surface area contributed by atoms with E-state index < -0.39 is 15.8 Å². The number of benzene rings is 1. The average Bonchev–Trinajstić information content (AvgIpc) is 2.17. The predicted molar refractivity (Wildman–Crippen MR) is 61.1 cm³/mol. The molecule has 1 rings (SSSR count). The smallest absolute Gasteiger partial charge is 0.208 e. The van der Waals surface area contributed by atoms with Crippen molar-refractivity contribution in [2.24, 2.45) is 0 Å². The van der Waals surface area contributed by atoms with Crippen LogP contribution in [-0.4, -0.2) is 14.5 Å². The molecule has 16 heavy (non-hydrogen) atoms. The topological polar surface area (TPSA) is 46.2 Å². The molecule has 0 aliphatic rings. The molecule has 1 aromatic carbocycles. The number of hydrogen-bond donors (Lipinski definition) is 1. The highest BCUT2D eigenvalue weighted by Crippen LogP contribution is 2.11. The van der Waals surface area contributed by atoms with Crippen LogP contribution in [0.1, 0.15) is 26.7 Å². The molecule has 0 amide bonds. The molecule has 90 valence electrons. The standard InChI is InChI=1S/C11H16FNO2S/c1-3-4-9(2)13-16(14,15)11-7-5-10(12)6-8-11/h5-9,13H,3-4H2,1-2H3/t9-/m1/s1. The molecule has 0 heterocycles. The van der Waals surface area contributed by atoms with Crippen molar-refractivity contribution < 1.29 is 12.8 Å². The van der Waals surface area contributed by atoms with E-state index in [0.29, 0.717) is 0 Å². The molecule has 0 radical (unpaired) electrons. The zero-order chi connectivity index (χ0) is 12.2. The largest absolute Gasteiger partial charge is 0.240 e. The third-order valence-corrected chi connectivity index (χ3v) is 3.81. The highest BCUT2D eigenvalue weighted by atomic mass is 32.2. The van der Waals surface area contributed by atoms with Gasteiger partial charge in [0, 0.05) is 6.04 Å². The summed E-state index contributed by atoms with van der Waals surface area (Å²) in [7, 11) is -3.52. The van der Waals surface area contributed by atoms with E-state index in [0.717, 1.165) is 25.0 Å². The van der Waals surface area contributed by atoms with Gasteiger partial charge >= 0.3 is 0 Å². The van der Waals surface area contributed by atoms with E-state index in [2.05, 4.69) is 4.72 Å². The lowest BCUT2D eigenvalue weighted by Crippen LogP contribution is -2.32. The highest BCUT2D eigenvalue weighted by molar-refractivity contribution is 7.89. The maximum Gasteiger partial charge on any atom is 0.240 e. The van der Waals surface area contributed by atoms with Crippen LogP contribution in [0.3, 0.4) is 0 Å². The van der Waals surface area contributed by atoms with Gasteiger partial charge in [0.2, 0.25) is 10.0 Å². The Balaban J connectivity index is 2.82. The van der Waals surface area contributed by atoms with Gasteiger partial charge in [0.05, 0.1) is 4.90 Å². The fourth-order valence-corrected chi connectivity index (χ4v) is 2.72. The molecule has 0 unspecified atom stereocenters. The molecule has 1 N–H and O–H groups in total. The van der Waals surface area contributed by atoms with Crippen LogP contribution in [0.2, 0.25) is 0 Å². The minimum atomic E-state index is -3.52. The second kappa shape index (κ2) is 5.41. The highest BCUT2D eigenvalue weighted by Gasteiger charge is 2.16. The summed E-state index contributed by atoms with van der Waals surface area (Å²) in [6.45, 7) is 3.80. The first-order chi connectivity index (χ1) is 7.45. The van der Waals surface area contributed by atoms with Crippen LogP contribution in [0.4, 0.5) is 4.39 Å². The van der Waals surface area contributed by atoms with Crippen LogP contribution in [0.25, 0.3) is 0 Å². The van der Waals surface area contributed by atoms with E-state index in [1.165, 1.54) is 12.1 Å². The predicted octanol–water partition coefficient (Wildman–Crippen LogP) is 2.29. The van der Waals surface area contributed by atoms with E-state index in [1.807, 2.05) is 13.8 Å². The van der Waals surface area contributed by atoms with Gasteiger partial charge in [-0.05, 0) is 37.6 Å². The Hall–Kier alpha value is -0.940. The molecule has 0 bridgehead atoms. The minimum absolute atomic E-state index is 0.0943. The Kier molecular flexibility index (Phi) is 4.44. The van der Waals surface area contributed by atoms with Crippen molar-refractivity contribution in [3.63, 3.8) is 0 Å². The summed E-state index contributed by atoms with van der Waals surface area (Å²) in [6, 6.07) is 4.69. The first kappa shape index (κ1) is 13.1. The second-order valence-corrected chi connectivity index (χ2v) is 5.48. The van der Waals surface area contributed by atoms with Crippen LogP contribution >= 0.6 is 0 Å². The lowest BCUT2D eigenvalue weighted by atomic mass is 10.2. The molecule has 0 saturated carbocycles. The first-order valence-corrected chi connectivity index (χ1v) is 6.72. The molecule has 0 aliphatic carbocycles. The van der Waals surface area contributed by atoms with Crippen LogP contribution in [0.5, 0.6) is 0 Å². The third kappa shape index (κ3) is 3.57. The fourth-order valence-electron chi connectivity index (χ4n) is 1.44. The average molecular weight is 245 g/mol. The normalized spacial score (nSPS) is 13.7. The second-order valence-electron chi connectivity index (χ2n) is 3.76. The molecule has 0 fully saturated rings. The van der Waals surface area contributed by atoms with Gasteiger partial charge in [0.15, 0.2) is 0 Å². The van der Waals surface area contributed by atoms with Gasteiger partial charge in [0.1, 0.15) is 5.82 Å². The molecule has 0 aliphatic heterocycles. The molecule has 1 atom stereocenters. The Morgan fingerprint density at radius 1 is 1.31 bits per heavy atom. The number of hydrogen-bond acceptors (Lipinski definition) is 2. The SMILES string of the molecule is CCC[C@@H](C)NS(=O)(=O)c1ccc(F)cc1. The van der Waals surface area contributed by atoms with Gasteiger partial charge in [0.25, 0.3) is 0 Å². The summed E-state index contributed by atoms with van der Waals surface area (Å²) in [4.78, 5) is 0.0943. The van der Waals surface area contributed by atoms with Gasteiger partial charge in [-0.2, -0.15) is 0 Å². The van der Waals surface area contributed by atoms with Crippen molar-refractivity contribution in [3.05, 3.63) is 30.1 Å². The van der Waals surface area contributed by atoms with Crippen LogP contribution in [0, 0.1) is 5.82 Å². The Labute approximate surface area is 95.7 Å². The monoisotopic (exact) mass is 245 g/mol. The molecule has 5 heteroatoms. The van der Waals surface area contributed by atoms with Gasteiger partial charge in [-0.1, -0.05) is 13.3 Å². The number of nitrogens with one attached hydrogen (secondary N) is 1. The maximum absolute atomic E-state index is 12.6. The maximum atomic E-state index is 12.6. The number of rotatable bonds is 5. The molecular weight excluding hydrogens is 229 g/mol. The third-order valence-electron chi connectivity index (χ3n) is 2.20. The molecule has 0 spiro atoms. The Bertz CT molecular complexity index is 428. The zero-order valence-corrected chi connectivity index (χ0v) is 10.2. The van der Waals surface area contributed by atoms with Crippen molar-refractivity contribution in [1.29, 1.82) is 0 Å². The Morgan fingerprint density at radius 3 is 2.38 bits per heavy atom. The van der Waals surface area contributed by atoms with Crippen LogP contribution < -0.4 is 4.72 Å². The van der Waals surface area contributed by atoms with Crippen LogP contribution in [0.15, 0.2) is 29.2 Å². The van der Waals surface area contributed by atoms with Crippen LogP contribution in [-0.2, 0) is 10.0 Å². The first-order valence-electron chi connectivity index (χ1n) is 5.23. The van der Waals surface area contributed by atoms with Gasteiger partial charge in [-0.3, -0.25) is 0 Å². The van der Waals surface area contributed by atoms with Crippen molar-refractivity contribution >= 4 is 10.0 Å². The molecular formula is C11H16FNO2S. The van der Waals surface area contributed by atoms with E-state index in [1.54, 1.807) is 0 Å². The van der Waals surface area contributed by atoms with E-state index in [4.69, 9.17) is 0 Å². The molecule has 1 aromatic rings. The van der Waals surface area contributed by atoms with E-state index in [9.17, 15) is 12.8 Å². The molecule has 0 aromatic heterocycles. The van der Waals surface area contributed by atoms with Crippen molar-refractivity contribution in [2.45, 2.75) is 37.6 Å². The Morgan fingerprint density at radius 2 is 1.88 bits per heavy atom. The lowest BCUT2D eigenvalue weighted by Gasteiger charge is -2.13. The summed E-state index contributed by atoms with van der Waals surface area (Å²) >= 11 is 0. The summed E-state index contributed by atoms with van der Waals surface area (Å²) < 4.78 is 38.8. The zero-order valence-electron chi connectivity index (χ0n) is 9.40. The van der Waals surface area contributed by atoms with Crippen molar-refractivity contribution in [2.75, 3.05) is 0 Å². The van der Waals surface area contributed by atoms with Crippen molar-refractivity contribution in [1.82, 2.24) is 4.72 Å². The lowest BCUT2D eigenvalue weighted by molar-refractivity contribution is 0.543. The number of sulfonamides is 1. The molecule has 3 nitrogen and oxygen atoms in total. The number of halogens is 1. The van der Waals surface area contributed by atoms with E-state index in [-0.39, 0.29) is 10.9 Å². The van der Waals surface area contributed by atoms with Gasteiger partial charge < -0.3 is 0 Å². The van der Waals surface area contributed by atoms with E-state index >= 15 is 0 Å². The quantitative estimate of drug-likeness (QED) is 0.865. The summed E-state index contributed by atoms with van der Waals surface area (Å²) in [5.41, 5.74) is 0. The van der Waals surface area contributed by atoms with Crippen molar-refractivity contribution in [3.8, 4) is 0 Å². The summed E-state index contributed by atoms with van der Waals surface area (Å²) in [5, 5.41) is 0. The van der Waals surface area contributed by atoms with Gasteiger partial charge in [-0.15, -0.1) is 0 Å².